The molecule has 4 aromatic rings. The SMILES string of the molecule is COc1ccc2cc(-c3cc(C(=O)O)nn3-c3ccccc3C)ccc2c1. The first-order valence-electron chi connectivity index (χ1n) is 8.54. The van der Waals surface area contributed by atoms with Gasteiger partial charge in [0.15, 0.2) is 5.69 Å². The smallest absolute Gasteiger partial charge is 0.356 e. The van der Waals surface area contributed by atoms with Gasteiger partial charge in [-0.05, 0) is 53.6 Å². The molecule has 3 aromatic carbocycles. The first-order chi connectivity index (χ1) is 13.1. The number of ether oxygens (including phenoxy) is 1. The van der Waals surface area contributed by atoms with Gasteiger partial charge >= 0.3 is 5.97 Å². The van der Waals surface area contributed by atoms with Crippen molar-refractivity contribution in [3.05, 3.63) is 78.0 Å². The Balaban J connectivity index is 1.91. The van der Waals surface area contributed by atoms with Crippen LogP contribution in [0.15, 0.2) is 66.7 Å². The third-order valence-electron chi connectivity index (χ3n) is 4.62. The number of hydrogen-bond acceptors (Lipinski definition) is 3. The molecule has 0 aliphatic rings. The lowest BCUT2D eigenvalue weighted by atomic mass is 10.0. The van der Waals surface area contributed by atoms with Crippen LogP contribution in [0.25, 0.3) is 27.7 Å². The van der Waals surface area contributed by atoms with E-state index >= 15 is 0 Å². The molecule has 4 rings (SSSR count). The molecule has 0 radical (unpaired) electrons. The lowest BCUT2D eigenvalue weighted by Gasteiger charge is -2.11. The molecular formula is C22H18N2O3. The fraction of sp³-hybridized carbons (Fsp3) is 0.0909. The highest BCUT2D eigenvalue weighted by Gasteiger charge is 2.17. The summed E-state index contributed by atoms with van der Waals surface area (Å²) in [5.41, 5.74) is 3.53. The number of aromatic nitrogens is 2. The molecule has 27 heavy (non-hydrogen) atoms. The van der Waals surface area contributed by atoms with Crippen LogP contribution in [0, 0.1) is 6.92 Å². The molecule has 1 aromatic heterocycles. The van der Waals surface area contributed by atoms with E-state index in [1.54, 1.807) is 17.9 Å². The number of aromatic carboxylic acids is 1. The number of fused-ring (bicyclic) bond motifs is 1. The molecule has 134 valence electrons. The number of methoxy groups -OCH3 is 1. The van der Waals surface area contributed by atoms with Crippen LogP contribution in [0.1, 0.15) is 16.1 Å². The van der Waals surface area contributed by atoms with Gasteiger partial charge in [-0.1, -0.05) is 36.4 Å². The normalized spacial score (nSPS) is 10.9. The summed E-state index contributed by atoms with van der Waals surface area (Å²) in [5.74, 6) is -0.248. The van der Waals surface area contributed by atoms with Crippen molar-refractivity contribution in [2.45, 2.75) is 6.92 Å². The zero-order valence-electron chi connectivity index (χ0n) is 15.0. The van der Waals surface area contributed by atoms with Gasteiger partial charge < -0.3 is 9.84 Å². The van der Waals surface area contributed by atoms with Crippen LogP contribution in [-0.2, 0) is 0 Å². The third kappa shape index (κ3) is 3.04. The Labute approximate surface area is 156 Å². The van der Waals surface area contributed by atoms with Crippen molar-refractivity contribution in [2.75, 3.05) is 7.11 Å². The predicted molar refractivity (Wildman–Crippen MR) is 105 cm³/mol. The molecule has 0 spiro atoms. The molecule has 0 aliphatic heterocycles. The average molecular weight is 358 g/mol. The molecule has 0 atom stereocenters. The highest BCUT2D eigenvalue weighted by molar-refractivity contribution is 5.90. The Hall–Kier alpha value is -3.60. The van der Waals surface area contributed by atoms with Crippen molar-refractivity contribution in [3.8, 4) is 22.7 Å². The van der Waals surface area contributed by atoms with Crippen LogP contribution in [0.2, 0.25) is 0 Å². The number of hydrogen-bond donors (Lipinski definition) is 1. The molecule has 0 unspecified atom stereocenters. The first kappa shape index (κ1) is 16.8. The number of para-hydroxylation sites is 1. The minimum atomic E-state index is -1.05. The van der Waals surface area contributed by atoms with E-state index in [9.17, 15) is 9.90 Å². The van der Waals surface area contributed by atoms with Gasteiger partial charge in [-0.3, -0.25) is 0 Å². The number of carboxylic acid groups (broad SMARTS) is 1. The lowest BCUT2D eigenvalue weighted by molar-refractivity contribution is 0.0690. The lowest BCUT2D eigenvalue weighted by Crippen LogP contribution is -2.03. The maximum atomic E-state index is 11.5. The third-order valence-corrected chi connectivity index (χ3v) is 4.62. The Kier molecular flexibility index (Phi) is 4.12. The fourth-order valence-corrected chi connectivity index (χ4v) is 3.19. The summed E-state index contributed by atoms with van der Waals surface area (Å²) in [6, 6.07) is 21.3. The zero-order valence-corrected chi connectivity index (χ0v) is 15.0. The van der Waals surface area contributed by atoms with E-state index < -0.39 is 5.97 Å². The second-order valence-corrected chi connectivity index (χ2v) is 6.35. The van der Waals surface area contributed by atoms with E-state index in [1.165, 1.54) is 0 Å². The fourth-order valence-electron chi connectivity index (χ4n) is 3.19. The number of benzene rings is 3. The Morgan fingerprint density at radius 3 is 2.48 bits per heavy atom. The highest BCUT2D eigenvalue weighted by Crippen LogP contribution is 2.30. The van der Waals surface area contributed by atoms with E-state index in [2.05, 4.69) is 5.10 Å². The second-order valence-electron chi connectivity index (χ2n) is 6.35. The molecule has 0 saturated carbocycles. The molecular weight excluding hydrogens is 340 g/mol. The summed E-state index contributed by atoms with van der Waals surface area (Å²) in [7, 11) is 1.64. The van der Waals surface area contributed by atoms with Gasteiger partial charge in [0.1, 0.15) is 5.75 Å². The Morgan fingerprint density at radius 1 is 1.00 bits per heavy atom. The van der Waals surface area contributed by atoms with Gasteiger partial charge in [-0.2, -0.15) is 5.10 Å². The maximum absolute atomic E-state index is 11.5. The van der Waals surface area contributed by atoms with E-state index in [0.29, 0.717) is 0 Å². The van der Waals surface area contributed by atoms with E-state index in [0.717, 1.165) is 39.0 Å². The van der Waals surface area contributed by atoms with Crippen LogP contribution in [-0.4, -0.2) is 28.0 Å². The topological polar surface area (TPSA) is 64.3 Å². The molecule has 0 amide bonds. The van der Waals surface area contributed by atoms with E-state index in [-0.39, 0.29) is 5.69 Å². The monoisotopic (exact) mass is 358 g/mol. The summed E-state index contributed by atoms with van der Waals surface area (Å²) < 4.78 is 6.98. The van der Waals surface area contributed by atoms with Gasteiger partial charge in [0, 0.05) is 5.56 Å². The Bertz CT molecular complexity index is 1160. The number of rotatable bonds is 4. The average Bonchev–Trinajstić information content (AvgIpc) is 3.13. The number of aryl methyl sites for hydroxylation is 1. The molecule has 0 saturated heterocycles. The van der Waals surface area contributed by atoms with Crippen LogP contribution in [0.5, 0.6) is 5.75 Å². The standard InChI is InChI=1S/C22H18N2O3/c1-14-5-3-4-6-20(14)24-21(13-19(23-24)22(25)26)17-8-7-16-12-18(27-2)10-9-15(16)11-17/h3-13H,1-2H3,(H,25,26). The van der Waals surface area contributed by atoms with Gasteiger partial charge in [0.05, 0.1) is 18.5 Å². The van der Waals surface area contributed by atoms with Crippen molar-refractivity contribution >= 4 is 16.7 Å². The van der Waals surface area contributed by atoms with Crippen LogP contribution >= 0.6 is 0 Å². The van der Waals surface area contributed by atoms with Crippen molar-refractivity contribution in [3.63, 3.8) is 0 Å². The number of nitrogens with zero attached hydrogens (tertiary/aromatic N) is 2. The van der Waals surface area contributed by atoms with Crippen LogP contribution in [0.4, 0.5) is 0 Å². The number of carbonyl (C=O) groups is 1. The molecule has 1 heterocycles. The predicted octanol–water partition coefficient (Wildman–Crippen LogP) is 4.71. The molecule has 5 nitrogen and oxygen atoms in total. The van der Waals surface area contributed by atoms with Gasteiger partial charge in [0.2, 0.25) is 0 Å². The Morgan fingerprint density at radius 2 is 1.74 bits per heavy atom. The highest BCUT2D eigenvalue weighted by atomic mass is 16.5. The van der Waals surface area contributed by atoms with Gasteiger partial charge in [-0.15, -0.1) is 0 Å². The van der Waals surface area contributed by atoms with Gasteiger partial charge in [0.25, 0.3) is 0 Å². The molecule has 1 N–H and O–H groups in total. The number of carboxylic acids is 1. The van der Waals surface area contributed by atoms with Crippen LogP contribution < -0.4 is 4.74 Å². The molecule has 0 aliphatic carbocycles. The van der Waals surface area contributed by atoms with Crippen molar-refractivity contribution in [2.24, 2.45) is 0 Å². The zero-order chi connectivity index (χ0) is 19.0. The quantitative estimate of drug-likeness (QED) is 0.574. The maximum Gasteiger partial charge on any atom is 0.356 e. The summed E-state index contributed by atoms with van der Waals surface area (Å²) in [4.78, 5) is 11.5. The van der Waals surface area contributed by atoms with Gasteiger partial charge in [-0.25, -0.2) is 9.48 Å². The van der Waals surface area contributed by atoms with E-state index in [1.807, 2.05) is 67.6 Å². The molecule has 0 fully saturated rings. The van der Waals surface area contributed by atoms with Crippen molar-refractivity contribution in [1.29, 1.82) is 0 Å². The largest absolute Gasteiger partial charge is 0.497 e. The van der Waals surface area contributed by atoms with Crippen molar-refractivity contribution in [1.82, 2.24) is 9.78 Å². The molecule has 0 bridgehead atoms. The minimum Gasteiger partial charge on any atom is -0.497 e. The minimum absolute atomic E-state index is 0.0167. The molecule has 5 heteroatoms. The van der Waals surface area contributed by atoms with E-state index in [4.69, 9.17) is 4.74 Å². The summed E-state index contributed by atoms with van der Waals surface area (Å²) in [6.07, 6.45) is 0. The van der Waals surface area contributed by atoms with Crippen molar-refractivity contribution < 1.29 is 14.6 Å². The second kappa shape index (κ2) is 6.61. The first-order valence-corrected chi connectivity index (χ1v) is 8.54. The van der Waals surface area contributed by atoms with Crippen LogP contribution in [0.3, 0.4) is 0 Å². The summed E-state index contributed by atoms with van der Waals surface area (Å²) in [6.45, 7) is 1.98. The summed E-state index contributed by atoms with van der Waals surface area (Å²) >= 11 is 0. The summed E-state index contributed by atoms with van der Waals surface area (Å²) in [5, 5.41) is 15.8.